The lowest BCUT2D eigenvalue weighted by Crippen LogP contribution is -2.33. The summed E-state index contributed by atoms with van der Waals surface area (Å²) in [7, 11) is 0. The van der Waals surface area contributed by atoms with Gasteiger partial charge in [0.05, 0.1) is 6.42 Å². The predicted octanol–water partition coefficient (Wildman–Crippen LogP) is 3.28. The molecule has 0 fully saturated rings. The second-order valence-corrected chi connectivity index (χ2v) is 5.76. The van der Waals surface area contributed by atoms with E-state index in [1.54, 1.807) is 0 Å². The molecule has 0 atom stereocenters. The molecular weight excluding hydrogens is 300 g/mol. The molecule has 4 nitrogen and oxygen atoms in total. The van der Waals surface area contributed by atoms with Gasteiger partial charge in [-0.1, -0.05) is 42.5 Å². The highest BCUT2D eigenvalue weighted by Gasteiger charge is 2.12. The Hall–Kier alpha value is -2.62. The molecule has 0 aromatic heterocycles. The standard InChI is InChI=1S/C20H24N2O2/c1-3-22(14-13-17-7-5-4-6-8-17)20(24)15-18-9-11-19(12-10-18)21-16(2)23/h4-12H,3,13-15H2,1-2H3,(H,21,23). The maximum absolute atomic E-state index is 12.5. The fourth-order valence-corrected chi connectivity index (χ4v) is 2.56. The van der Waals surface area contributed by atoms with Gasteiger partial charge in [0.15, 0.2) is 0 Å². The van der Waals surface area contributed by atoms with Crippen molar-refractivity contribution in [3.8, 4) is 0 Å². The molecule has 4 heteroatoms. The fraction of sp³-hybridized carbons (Fsp3) is 0.300. The van der Waals surface area contributed by atoms with E-state index in [4.69, 9.17) is 0 Å². The van der Waals surface area contributed by atoms with Gasteiger partial charge in [0.25, 0.3) is 0 Å². The zero-order valence-electron chi connectivity index (χ0n) is 14.3. The number of anilines is 1. The van der Waals surface area contributed by atoms with E-state index in [1.165, 1.54) is 12.5 Å². The first-order valence-corrected chi connectivity index (χ1v) is 8.26. The minimum Gasteiger partial charge on any atom is -0.342 e. The van der Waals surface area contributed by atoms with E-state index >= 15 is 0 Å². The molecule has 1 N–H and O–H groups in total. The Morgan fingerprint density at radius 3 is 2.21 bits per heavy atom. The molecule has 0 bridgehead atoms. The molecule has 2 aromatic carbocycles. The Balaban J connectivity index is 1.90. The zero-order valence-corrected chi connectivity index (χ0v) is 14.3. The van der Waals surface area contributed by atoms with E-state index in [2.05, 4.69) is 17.4 Å². The van der Waals surface area contributed by atoms with Crippen LogP contribution in [0.1, 0.15) is 25.0 Å². The van der Waals surface area contributed by atoms with Crippen LogP contribution in [-0.4, -0.2) is 29.8 Å². The second kappa shape index (κ2) is 8.87. The molecule has 0 aliphatic carbocycles. The van der Waals surface area contributed by atoms with E-state index in [-0.39, 0.29) is 11.8 Å². The van der Waals surface area contributed by atoms with Crippen molar-refractivity contribution in [1.29, 1.82) is 0 Å². The highest BCUT2D eigenvalue weighted by Crippen LogP contribution is 2.11. The molecule has 2 aromatic rings. The Bertz CT molecular complexity index is 666. The summed E-state index contributed by atoms with van der Waals surface area (Å²) >= 11 is 0. The molecule has 0 aliphatic heterocycles. The van der Waals surface area contributed by atoms with Gasteiger partial charge in [-0.05, 0) is 36.6 Å². The van der Waals surface area contributed by atoms with Crippen LogP contribution in [0.4, 0.5) is 5.69 Å². The third-order valence-corrected chi connectivity index (χ3v) is 3.88. The summed E-state index contributed by atoms with van der Waals surface area (Å²) in [4.78, 5) is 25.4. The van der Waals surface area contributed by atoms with Gasteiger partial charge in [0, 0.05) is 25.7 Å². The van der Waals surface area contributed by atoms with E-state index in [1.807, 2.05) is 54.3 Å². The van der Waals surface area contributed by atoms with Crippen molar-refractivity contribution in [1.82, 2.24) is 4.90 Å². The number of likely N-dealkylation sites (N-methyl/N-ethyl adjacent to an activating group) is 1. The van der Waals surface area contributed by atoms with Crippen molar-refractivity contribution in [3.63, 3.8) is 0 Å². The summed E-state index contributed by atoms with van der Waals surface area (Å²) in [5.41, 5.74) is 2.94. The van der Waals surface area contributed by atoms with Gasteiger partial charge in [-0.25, -0.2) is 0 Å². The monoisotopic (exact) mass is 324 g/mol. The van der Waals surface area contributed by atoms with Crippen LogP contribution in [0.5, 0.6) is 0 Å². The highest BCUT2D eigenvalue weighted by molar-refractivity contribution is 5.88. The highest BCUT2D eigenvalue weighted by atomic mass is 16.2. The Kier molecular flexibility index (Phi) is 6.55. The number of amides is 2. The second-order valence-electron chi connectivity index (χ2n) is 5.76. The lowest BCUT2D eigenvalue weighted by molar-refractivity contribution is -0.130. The van der Waals surface area contributed by atoms with Gasteiger partial charge in [-0.15, -0.1) is 0 Å². The van der Waals surface area contributed by atoms with Gasteiger partial charge in [-0.3, -0.25) is 9.59 Å². The van der Waals surface area contributed by atoms with Gasteiger partial charge in [0.2, 0.25) is 11.8 Å². The number of carbonyl (C=O) groups excluding carboxylic acids is 2. The van der Waals surface area contributed by atoms with E-state index < -0.39 is 0 Å². The first-order chi connectivity index (χ1) is 11.6. The van der Waals surface area contributed by atoms with Gasteiger partial charge < -0.3 is 10.2 Å². The van der Waals surface area contributed by atoms with Crippen LogP contribution in [0.2, 0.25) is 0 Å². The molecule has 2 amide bonds. The quantitative estimate of drug-likeness (QED) is 0.850. The van der Waals surface area contributed by atoms with Crippen LogP contribution in [0.15, 0.2) is 54.6 Å². The number of carbonyl (C=O) groups is 2. The summed E-state index contributed by atoms with van der Waals surface area (Å²) in [5, 5.41) is 2.72. The average molecular weight is 324 g/mol. The van der Waals surface area contributed by atoms with Crippen LogP contribution in [-0.2, 0) is 22.4 Å². The van der Waals surface area contributed by atoms with Crippen molar-refractivity contribution in [3.05, 3.63) is 65.7 Å². The van der Waals surface area contributed by atoms with Gasteiger partial charge >= 0.3 is 0 Å². The Morgan fingerprint density at radius 2 is 1.62 bits per heavy atom. The Labute approximate surface area is 143 Å². The largest absolute Gasteiger partial charge is 0.342 e. The van der Waals surface area contributed by atoms with Crippen molar-refractivity contribution < 1.29 is 9.59 Å². The zero-order chi connectivity index (χ0) is 17.4. The van der Waals surface area contributed by atoms with Crippen LogP contribution >= 0.6 is 0 Å². The Morgan fingerprint density at radius 1 is 0.958 bits per heavy atom. The number of benzene rings is 2. The molecule has 0 unspecified atom stereocenters. The van der Waals surface area contributed by atoms with E-state index in [9.17, 15) is 9.59 Å². The molecule has 0 radical (unpaired) electrons. The lowest BCUT2D eigenvalue weighted by atomic mass is 10.1. The minimum absolute atomic E-state index is 0.100. The van der Waals surface area contributed by atoms with E-state index in [0.29, 0.717) is 13.0 Å². The van der Waals surface area contributed by atoms with Crippen LogP contribution < -0.4 is 5.32 Å². The molecule has 0 aliphatic rings. The summed E-state index contributed by atoms with van der Waals surface area (Å²) in [6.45, 7) is 4.91. The number of hydrogen-bond acceptors (Lipinski definition) is 2. The SMILES string of the molecule is CCN(CCc1ccccc1)C(=O)Cc1ccc(NC(C)=O)cc1. The van der Waals surface area contributed by atoms with Crippen LogP contribution in [0.3, 0.4) is 0 Å². The molecule has 0 heterocycles. The predicted molar refractivity (Wildman–Crippen MR) is 96.8 cm³/mol. The molecular formula is C20H24N2O2. The maximum atomic E-state index is 12.5. The van der Waals surface area contributed by atoms with Crippen molar-refractivity contribution in [2.75, 3.05) is 18.4 Å². The molecule has 0 saturated heterocycles. The van der Waals surface area contributed by atoms with Crippen LogP contribution in [0, 0.1) is 0 Å². The van der Waals surface area contributed by atoms with Crippen molar-refractivity contribution in [2.24, 2.45) is 0 Å². The molecule has 0 spiro atoms. The third kappa shape index (κ3) is 5.54. The summed E-state index contributed by atoms with van der Waals surface area (Å²) < 4.78 is 0. The topological polar surface area (TPSA) is 49.4 Å². The molecule has 0 saturated carbocycles. The number of hydrogen-bond donors (Lipinski definition) is 1. The normalized spacial score (nSPS) is 10.2. The van der Waals surface area contributed by atoms with Gasteiger partial charge in [-0.2, -0.15) is 0 Å². The first kappa shape index (κ1) is 17.7. The molecule has 24 heavy (non-hydrogen) atoms. The smallest absolute Gasteiger partial charge is 0.226 e. The summed E-state index contributed by atoms with van der Waals surface area (Å²) in [5.74, 6) is 0.0256. The lowest BCUT2D eigenvalue weighted by Gasteiger charge is -2.21. The maximum Gasteiger partial charge on any atom is 0.226 e. The number of nitrogens with one attached hydrogen (secondary N) is 1. The van der Waals surface area contributed by atoms with Gasteiger partial charge in [0.1, 0.15) is 0 Å². The first-order valence-electron chi connectivity index (χ1n) is 8.26. The molecule has 126 valence electrons. The summed E-state index contributed by atoms with van der Waals surface area (Å²) in [6, 6.07) is 17.6. The average Bonchev–Trinajstić information content (AvgIpc) is 2.58. The van der Waals surface area contributed by atoms with Crippen molar-refractivity contribution in [2.45, 2.75) is 26.7 Å². The number of rotatable bonds is 7. The summed E-state index contributed by atoms with van der Waals surface area (Å²) in [6.07, 6.45) is 1.24. The van der Waals surface area contributed by atoms with Crippen molar-refractivity contribution >= 4 is 17.5 Å². The number of nitrogens with zero attached hydrogens (tertiary/aromatic N) is 1. The van der Waals surface area contributed by atoms with Crippen LogP contribution in [0.25, 0.3) is 0 Å². The van der Waals surface area contributed by atoms with E-state index in [0.717, 1.165) is 24.2 Å². The fourth-order valence-electron chi connectivity index (χ4n) is 2.56. The molecule has 2 rings (SSSR count). The third-order valence-electron chi connectivity index (χ3n) is 3.88. The minimum atomic E-state index is -0.100.